The molecule has 2 aromatic carbocycles. The number of hydrogen-bond donors (Lipinski definition) is 1. The summed E-state index contributed by atoms with van der Waals surface area (Å²) in [5.41, 5.74) is 0.903. The first-order chi connectivity index (χ1) is 16.2. The zero-order valence-electron chi connectivity index (χ0n) is 20.0. The Morgan fingerprint density at radius 2 is 1.76 bits per heavy atom. The maximum absolute atomic E-state index is 13.2. The average Bonchev–Trinajstić information content (AvgIpc) is 2.82. The minimum atomic E-state index is -3.61. The highest BCUT2D eigenvalue weighted by Gasteiger charge is 2.26. The Hall–Kier alpha value is -2.23. The summed E-state index contributed by atoms with van der Waals surface area (Å²) in [6.45, 7) is 4.83. The molecule has 0 heterocycles. The highest BCUT2D eigenvalue weighted by molar-refractivity contribution is 9.10. The molecule has 0 aliphatic carbocycles. The zero-order chi connectivity index (χ0) is 25.1. The van der Waals surface area contributed by atoms with Crippen molar-refractivity contribution in [2.24, 2.45) is 0 Å². The molecule has 0 aromatic heterocycles. The van der Waals surface area contributed by atoms with E-state index >= 15 is 0 Å². The van der Waals surface area contributed by atoms with E-state index in [0.717, 1.165) is 22.9 Å². The van der Waals surface area contributed by atoms with Gasteiger partial charge in [0.25, 0.3) is 0 Å². The van der Waals surface area contributed by atoms with Crippen molar-refractivity contribution in [1.29, 1.82) is 0 Å². The second-order valence-corrected chi connectivity index (χ2v) is 11.2. The number of rotatable bonds is 13. The molecule has 0 unspecified atom stereocenters. The summed E-state index contributed by atoms with van der Waals surface area (Å²) in [6, 6.07) is 15.2. The predicted octanol–water partition coefficient (Wildman–Crippen LogP) is 4.18. The fraction of sp³-hybridized carbons (Fsp3) is 0.440. The lowest BCUT2D eigenvalue weighted by Gasteiger charge is -2.29. The van der Waals surface area contributed by atoms with E-state index in [2.05, 4.69) is 21.2 Å². The van der Waals surface area contributed by atoms with Crippen LogP contribution in [0.5, 0.6) is 0 Å². The lowest BCUT2D eigenvalue weighted by Crippen LogP contribution is -2.47. The van der Waals surface area contributed by atoms with Crippen LogP contribution >= 0.6 is 15.9 Å². The van der Waals surface area contributed by atoms with Gasteiger partial charge >= 0.3 is 0 Å². The van der Waals surface area contributed by atoms with Crippen molar-refractivity contribution in [2.75, 3.05) is 20.1 Å². The van der Waals surface area contributed by atoms with Crippen molar-refractivity contribution in [3.05, 3.63) is 64.6 Å². The molecule has 0 spiro atoms. The lowest BCUT2D eigenvalue weighted by molar-refractivity contribution is -0.140. The van der Waals surface area contributed by atoms with Gasteiger partial charge in [0, 0.05) is 37.6 Å². The first kappa shape index (κ1) is 28.0. The van der Waals surface area contributed by atoms with Crippen molar-refractivity contribution in [2.45, 2.75) is 57.0 Å². The second-order valence-electron chi connectivity index (χ2n) is 8.22. The zero-order valence-corrected chi connectivity index (χ0v) is 22.4. The minimum Gasteiger partial charge on any atom is -0.354 e. The smallest absolute Gasteiger partial charge is 0.242 e. The Bertz CT molecular complexity index is 1050. The van der Waals surface area contributed by atoms with Crippen LogP contribution in [0.4, 0.5) is 0 Å². The predicted molar refractivity (Wildman–Crippen MR) is 138 cm³/mol. The molecule has 34 heavy (non-hydrogen) atoms. The number of nitrogens with one attached hydrogen (secondary N) is 1. The highest BCUT2D eigenvalue weighted by atomic mass is 79.9. The van der Waals surface area contributed by atoms with Crippen LogP contribution in [0.1, 0.15) is 45.1 Å². The average molecular weight is 553 g/mol. The summed E-state index contributed by atoms with van der Waals surface area (Å²) in [7, 11) is -2.10. The molecule has 0 bridgehead atoms. The van der Waals surface area contributed by atoms with E-state index in [1.54, 1.807) is 42.2 Å². The number of unbranched alkanes of at least 4 members (excludes halogenated alkanes) is 1. The molecular weight excluding hydrogens is 518 g/mol. The van der Waals surface area contributed by atoms with Gasteiger partial charge < -0.3 is 10.2 Å². The fourth-order valence-corrected chi connectivity index (χ4v) is 5.12. The summed E-state index contributed by atoms with van der Waals surface area (Å²) in [6.07, 6.45) is 2.32. The van der Waals surface area contributed by atoms with Crippen molar-refractivity contribution >= 4 is 37.8 Å². The van der Waals surface area contributed by atoms with Crippen molar-refractivity contribution in [3.63, 3.8) is 0 Å². The topological polar surface area (TPSA) is 86.8 Å². The lowest BCUT2D eigenvalue weighted by atomic mass is 10.1. The summed E-state index contributed by atoms with van der Waals surface area (Å²) in [4.78, 5) is 27.6. The third-order valence-corrected chi connectivity index (χ3v) is 7.92. The molecular formula is C25H34BrN3O4S. The number of benzene rings is 2. The van der Waals surface area contributed by atoms with Crippen LogP contribution in [0.15, 0.2) is 64.0 Å². The minimum absolute atomic E-state index is 0.134. The molecule has 1 atom stereocenters. The molecule has 7 nitrogen and oxygen atoms in total. The maximum Gasteiger partial charge on any atom is 0.242 e. The van der Waals surface area contributed by atoms with E-state index < -0.39 is 16.1 Å². The monoisotopic (exact) mass is 551 g/mol. The molecule has 0 radical (unpaired) electrons. The molecule has 1 N–H and O–H groups in total. The molecule has 2 amide bonds. The quantitative estimate of drug-likeness (QED) is 0.378. The van der Waals surface area contributed by atoms with Gasteiger partial charge in [0.15, 0.2) is 0 Å². The van der Waals surface area contributed by atoms with Crippen LogP contribution in [0, 0.1) is 0 Å². The van der Waals surface area contributed by atoms with Crippen LogP contribution < -0.4 is 5.32 Å². The Morgan fingerprint density at radius 1 is 1.06 bits per heavy atom. The van der Waals surface area contributed by atoms with E-state index in [1.807, 2.05) is 31.2 Å². The van der Waals surface area contributed by atoms with Gasteiger partial charge in [0.2, 0.25) is 21.8 Å². The maximum atomic E-state index is 13.2. The van der Waals surface area contributed by atoms with Crippen LogP contribution in [0.2, 0.25) is 0 Å². The Labute approximate surface area is 211 Å². The normalized spacial score (nSPS) is 12.4. The van der Waals surface area contributed by atoms with Crippen LogP contribution in [0.25, 0.3) is 0 Å². The molecule has 0 fully saturated rings. The molecule has 2 rings (SSSR count). The highest BCUT2D eigenvalue weighted by Crippen LogP contribution is 2.18. The van der Waals surface area contributed by atoms with Gasteiger partial charge in [-0.1, -0.05) is 59.6 Å². The summed E-state index contributed by atoms with van der Waals surface area (Å²) >= 11 is 3.45. The summed E-state index contributed by atoms with van der Waals surface area (Å²) in [5, 5.41) is 2.90. The van der Waals surface area contributed by atoms with Crippen molar-refractivity contribution in [1.82, 2.24) is 14.5 Å². The fourth-order valence-electron chi connectivity index (χ4n) is 3.44. The molecule has 2 aromatic rings. The van der Waals surface area contributed by atoms with E-state index in [1.165, 1.54) is 11.4 Å². The van der Waals surface area contributed by atoms with Crippen molar-refractivity contribution < 1.29 is 18.0 Å². The Balaban J connectivity index is 2.06. The number of nitrogens with zero attached hydrogens (tertiary/aromatic N) is 2. The standard InChI is InChI=1S/C25H34BrN3O4S/c1-4-5-16-27-25(31)20(2)29(19-21-11-9-12-22(26)18-21)24(30)15-10-17-28(3)34(32,33)23-13-7-6-8-14-23/h6-9,11-14,18,20H,4-5,10,15-17,19H2,1-3H3,(H,27,31)/t20-/m0/s1. The first-order valence-corrected chi connectivity index (χ1v) is 13.7. The van der Waals surface area contributed by atoms with Gasteiger partial charge in [-0.15, -0.1) is 0 Å². The van der Waals surface area contributed by atoms with Gasteiger partial charge in [-0.25, -0.2) is 12.7 Å². The van der Waals surface area contributed by atoms with Gasteiger partial charge in [-0.2, -0.15) is 0 Å². The van der Waals surface area contributed by atoms with Crippen molar-refractivity contribution in [3.8, 4) is 0 Å². The van der Waals surface area contributed by atoms with Gasteiger partial charge in [-0.3, -0.25) is 9.59 Å². The molecule has 9 heteroatoms. The van der Waals surface area contributed by atoms with Crippen LogP contribution in [-0.2, 0) is 26.2 Å². The number of carbonyl (C=O) groups excluding carboxylic acids is 2. The Morgan fingerprint density at radius 3 is 2.41 bits per heavy atom. The molecule has 0 saturated carbocycles. The summed E-state index contributed by atoms with van der Waals surface area (Å²) < 4.78 is 27.6. The third-order valence-electron chi connectivity index (χ3n) is 5.55. The van der Waals surface area contributed by atoms with E-state index in [9.17, 15) is 18.0 Å². The number of sulfonamides is 1. The number of hydrogen-bond acceptors (Lipinski definition) is 4. The largest absolute Gasteiger partial charge is 0.354 e. The summed E-state index contributed by atoms with van der Waals surface area (Å²) in [5.74, 6) is -0.385. The van der Waals surface area contributed by atoms with E-state index in [-0.39, 0.29) is 29.7 Å². The Kier molecular flexibility index (Phi) is 11.2. The molecule has 0 saturated heterocycles. The third kappa shape index (κ3) is 8.21. The molecule has 0 aliphatic heterocycles. The second kappa shape index (κ2) is 13.6. The van der Waals surface area contributed by atoms with Crippen LogP contribution in [0.3, 0.4) is 0 Å². The number of amides is 2. The van der Waals surface area contributed by atoms with Gasteiger partial charge in [0.1, 0.15) is 6.04 Å². The molecule has 0 aliphatic rings. The SMILES string of the molecule is CCCCNC(=O)[C@H](C)N(Cc1cccc(Br)c1)C(=O)CCCN(C)S(=O)(=O)c1ccccc1. The van der Waals surface area contributed by atoms with E-state index in [4.69, 9.17) is 0 Å². The van der Waals surface area contributed by atoms with Crippen LogP contribution in [-0.4, -0.2) is 55.6 Å². The van der Waals surface area contributed by atoms with Gasteiger partial charge in [-0.05, 0) is 49.6 Å². The molecule has 186 valence electrons. The number of halogens is 1. The number of carbonyl (C=O) groups is 2. The first-order valence-electron chi connectivity index (χ1n) is 11.5. The van der Waals surface area contributed by atoms with Gasteiger partial charge in [0.05, 0.1) is 4.90 Å². The van der Waals surface area contributed by atoms with E-state index in [0.29, 0.717) is 19.5 Å².